The van der Waals surface area contributed by atoms with E-state index in [1.165, 1.54) is 4.90 Å². The lowest BCUT2D eigenvalue weighted by Gasteiger charge is -2.27. The Labute approximate surface area is 123 Å². The van der Waals surface area contributed by atoms with Gasteiger partial charge in [0.2, 0.25) is 0 Å². The number of hydrogen-bond acceptors (Lipinski definition) is 3. The highest BCUT2D eigenvalue weighted by atomic mass is 16.5. The van der Waals surface area contributed by atoms with Crippen LogP contribution in [0.25, 0.3) is 0 Å². The zero-order chi connectivity index (χ0) is 15.2. The predicted octanol–water partition coefficient (Wildman–Crippen LogP) is 2.56. The van der Waals surface area contributed by atoms with Crippen LogP contribution in [0.5, 0.6) is 5.75 Å². The number of carbonyl (C=O) groups excluding carboxylic acids is 1. The zero-order valence-electron chi connectivity index (χ0n) is 12.0. The predicted molar refractivity (Wildman–Crippen MR) is 78.6 cm³/mol. The van der Waals surface area contributed by atoms with Crippen LogP contribution in [0.15, 0.2) is 24.3 Å². The van der Waals surface area contributed by atoms with E-state index in [0.29, 0.717) is 24.4 Å². The highest BCUT2D eigenvalue weighted by Gasteiger charge is 2.30. The lowest BCUT2D eigenvalue weighted by Crippen LogP contribution is -2.46. The summed E-state index contributed by atoms with van der Waals surface area (Å²) in [6.07, 6.45) is 3.13. The minimum atomic E-state index is -0.943. The minimum Gasteiger partial charge on any atom is -0.497 e. The second-order valence-electron chi connectivity index (χ2n) is 5.06. The molecule has 1 fully saturated rings. The molecule has 1 saturated heterocycles. The Kier molecular flexibility index (Phi) is 5.03. The Balaban J connectivity index is 2.06. The summed E-state index contributed by atoms with van der Waals surface area (Å²) in [7, 11) is 1.57. The third-order valence-corrected chi connectivity index (χ3v) is 3.64. The Morgan fingerprint density at radius 3 is 2.57 bits per heavy atom. The van der Waals surface area contributed by atoms with Crippen molar-refractivity contribution in [3.05, 3.63) is 24.3 Å². The van der Waals surface area contributed by atoms with E-state index in [2.05, 4.69) is 5.32 Å². The molecule has 21 heavy (non-hydrogen) atoms. The van der Waals surface area contributed by atoms with E-state index in [-0.39, 0.29) is 6.03 Å². The molecule has 1 aliphatic rings. The number of carboxylic acid groups (broad SMARTS) is 1. The van der Waals surface area contributed by atoms with Crippen molar-refractivity contribution in [1.82, 2.24) is 4.90 Å². The molecule has 0 spiro atoms. The number of nitrogens with zero attached hydrogens (tertiary/aromatic N) is 1. The topological polar surface area (TPSA) is 78.9 Å². The Hall–Kier alpha value is -2.24. The van der Waals surface area contributed by atoms with Gasteiger partial charge < -0.3 is 20.1 Å². The van der Waals surface area contributed by atoms with Gasteiger partial charge in [-0.15, -0.1) is 0 Å². The van der Waals surface area contributed by atoms with Gasteiger partial charge in [0, 0.05) is 12.2 Å². The molecule has 2 N–H and O–H groups in total. The molecule has 1 unspecified atom stereocenters. The first-order valence-corrected chi connectivity index (χ1v) is 7.06. The average molecular weight is 292 g/mol. The van der Waals surface area contributed by atoms with Crippen LogP contribution < -0.4 is 10.1 Å². The van der Waals surface area contributed by atoms with Gasteiger partial charge in [0.15, 0.2) is 0 Å². The molecule has 0 bridgehead atoms. The van der Waals surface area contributed by atoms with Crippen LogP contribution in [-0.2, 0) is 4.79 Å². The van der Waals surface area contributed by atoms with Crippen molar-refractivity contribution < 1.29 is 19.4 Å². The quantitative estimate of drug-likeness (QED) is 0.897. The van der Waals surface area contributed by atoms with Crippen LogP contribution >= 0.6 is 0 Å². The van der Waals surface area contributed by atoms with Gasteiger partial charge in [-0.05, 0) is 37.1 Å². The Morgan fingerprint density at radius 2 is 1.95 bits per heavy atom. The number of anilines is 1. The number of carboxylic acids is 1. The van der Waals surface area contributed by atoms with Gasteiger partial charge in [0.1, 0.15) is 11.8 Å². The first-order valence-electron chi connectivity index (χ1n) is 7.06. The summed E-state index contributed by atoms with van der Waals surface area (Å²) in [5, 5.41) is 12.0. The molecule has 114 valence electrons. The Morgan fingerprint density at radius 1 is 1.24 bits per heavy atom. The summed E-state index contributed by atoms with van der Waals surface area (Å²) >= 11 is 0. The number of carbonyl (C=O) groups is 2. The van der Waals surface area contributed by atoms with Crippen LogP contribution in [0.1, 0.15) is 25.7 Å². The number of nitrogens with one attached hydrogen (secondary N) is 1. The van der Waals surface area contributed by atoms with Gasteiger partial charge in [0.25, 0.3) is 0 Å². The first-order chi connectivity index (χ1) is 10.1. The molecular formula is C15H20N2O4. The van der Waals surface area contributed by atoms with Gasteiger partial charge in [0.05, 0.1) is 7.11 Å². The molecule has 0 saturated carbocycles. The third kappa shape index (κ3) is 3.87. The van der Waals surface area contributed by atoms with Crippen molar-refractivity contribution in [2.24, 2.45) is 0 Å². The summed E-state index contributed by atoms with van der Waals surface area (Å²) < 4.78 is 5.05. The van der Waals surface area contributed by atoms with Crippen molar-refractivity contribution in [2.75, 3.05) is 19.0 Å². The van der Waals surface area contributed by atoms with Crippen molar-refractivity contribution in [1.29, 1.82) is 0 Å². The van der Waals surface area contributed by atoms with Crippen LogP contribution in [0.2, 0.25) is 0 Å². The van der Waals surface area contributed by atoms with Gasteiger partial charge in [-0.2, -0.15) is 0 Å². The van der Waals surface area contributed by atoms with Crippen LogP contribution in [0.4, 0.5) is 10.5 Å². The van der Waals surface area contributed by atoms with Crippen molar-refractivity contribution in [3.8, 4) is 5.75 Å². The van der Waals surface area contributed by atoms with Crippen LogP contribution in [-0.4, -0.2) is 41.7 Å². The molecule has 6 heteroatoms. The van der Waals surface area contributed by atoms with E-state index in [1.807, 2.05) is 0 Å². The van der Waals surface area contributed by atoms with Gasteiger partial charge in [-0.25, -0.2) is 9.59 Å². The first kappa shape index (κ1) is 15.2. The normalized spacial score (nSPS) is 18.7. The van der Waals surface area contributed by atoms with Crippen LogP contribution in [0, 0.1) is 0 Å². The van der Waals surface area contributed by atoms with E-state index >= 15 is 0 Å². The summed E-state index contributed by atoms with van der Waals surface area (Å²) in [5.74, 6) is -0.243. The molecule has 0 aromatic heterocycles. The molecular weight excluding hydrogens is 272 g/mol. The monoisotopic (exact) mass is 292 g/mol. The average Bonchev–Trinajstić information content (AvgIpc) is 2.74. The fourth-order valence-corrected chi connectivity index (χ4v) is 2.48. The summed E-state index contributed by atoms with van der Waals surface area (Å²) in [5.41, 5.74) is 0.620. The number of hydrogen-bond donors (Lipinski definition) is 2. The summed E-state index contributed by atoms with van der Waals surface area (Å²) in [4.78, 5) is 25.0. The molecule has 2 amide bonds. The van der Waals surface area contributed by atoms with Crippen molar-refractivity contribution in [2.45, 2.75) is 31.7 Å². The number of methoxy groups -OCH3 is 1. The number of likely N-dealkylation sites (tertiary alicyclic amines) is 1. The SMILES string of the molecule is COc1ccc(NC(=O)N2CCCCCC2C(=O)O)cc1. The second kappa shape index (κ2) is 6.97. The van der Waals surface area contributed by atoms with Gasteiger partial charge in [-0.3, -0.25) is 0 Å². The maximum absolute atomic E-state index is 12.3. The number of urea groups is 1. The Bertz CT molecular complexity index is 501. The minimum absolute atomic E-state index is 0.366. The van der Waals surface area contributed by atoms with E-state index in [4.69, 9.17) is 4.74 Å². The number of ether oxygens (including phenoxy) is 1. The number of aliphatic carboxylic acids is 1. The maximum atomic E-state index is 12.3. The molecule has 2 rings (SSSR count). The fraction of sp³-hybridized carbons (Fsp3) is 0.467. The largest absolute Gasteiger partial charge is 0.497 e. The summed E-state index contributed by atoms with van der Waals surface area (Å²) in [6, 6.07) is 5.83. The van der Waals surface area contributed by atoms with Gasteiger partial charge in [-0.1, -0.05) is 12.8 Å². The summed E-state index contributed by atoms with van der Waals surface area (Å²) in [6.45, 7) is 0.471. The van der Waals surface area contributed by atoms with Crippen LogP contribution in [0.3, 0.4) is 0 Å². The highest BCUT2D eigenvalue weighted by Crippen LogP contribution is 2.20. The van der Waals surface area contributed by atoms with E-state index in [1.54, 1.807) is 31.4 Å². The zero-order valence-corrected chi connectivity index (χ0v) is 12.0. The van der Waals surface area contributed by atoms with Gasteiger partial charge >= 0.3 is 12.0 Å². The lowest BCUT2D eigenvalue weighted by molar-refractivity contribution is -0.142. The highest BCUT2D eigenvalue weighted by molar-refractivity contribution is 5.92. The molecule has 0 radical (unpaired) electrons. The second-order valence-corrected chi connectivity index (χ2v) is 5.06. The fourth-order valence-electron chi connectivity index (χ4n) is 2.48. The molecule has 6 nitrogen and oxygen atoms in total. The smallest absolute Gasteiger partial charge is 0.326 e. The van der Waals surface area contributed by atoms with Crippen molar-refractivity contribution >= 4 is 17.7 Å². The molecule has 1 heterocycles. The molecule has 1 aliphatic heterocycles. The molecule has 1 aromatic carbocycles. The number of rotatable bonds is 3. The lowest BCUT2D eigenvalue weighted by atomic mass is 10.1. The molecule has 1 atom stereocenters. The third-order valence-electron chi connectivity index (χ3n) is 3.64. The maximum Gasteiger partial charge on any atom is 0.326 e. The van der Waals surface area contributed by atoms with E-state index in [0.717, 1.165) is 19.3 Å². The van der Waals surface area contributed by atoms with E-state index in [9.17, 15) is 14.7 Å². The molecule has 0 aliphatic carbocycles. The standard InChI is InChI=1S/C15H20N2O4/c1-21-12-8-6-11(7-9-12)16-15(20)17-10-4-2-3-5-13(17)14(18)19/h6-9,13H,2-5,10H2,1H3,(H,16,20)(H,18,19). The molecule has 1 aromatic rings. The number of benzene rings is 1. The van der Waals surface area contributed by atoms with E-state index < -0.39 is 12.0 Å². The van der Waals surface area contributed by atoms with Crippen molar-refractivity contribution in [3.63, 3.8) is 0 Å². The number of amides is 2.